The zero-order chi connectivity index (χ0) is 14.5. The van der Waals surface area contributed by atoms with Crippen molar-refractivity contribution in [3.63, 3.8) is 0 Å². The van der Waals surface area contributed by atoms with Crippen LogP contribution in [0.2, 0.25) is 0 Å². The van der Waals surface area contributed by atoms with Gasteiger partial charge in [0, 0.05) is 19.6 Å². The lowest BCUT2D eigenvalue weighted by Crippen LogP contribution is -2.33. The summed E-state index contributed by atoms with van der Waals surface area (Å²) in [5, 5.41) is 0. The molecule has 0 heterocycles. The molecule has 0 bridgehead atoms. The molecule has 110 valence electrons. The van der Waals surface area contributed by atoms with E-state index in [4.69, 9.17) is 5.73 Å². The van der Waals surface area contributed by atoms with E-state index in [0.717, 1.165) is 26.2 Å². The second-order valence-corrected chi connectivity index (χ2v) is 6.32. The quantitative estimate of drug-likeness (QED) is 0.842. The molecule has 1 aliphatic carbocycles. The van der Waals surface area contributed by atoms with Gasteiger partial charge in [-0.3, -0.25) is 4.90 Å². The summed E-state index contributed by atoms with van der Waals surface area (Å²) in [5.74, 6) is 0. The molecule has 2 aromatic rings. The molecule has 2 aromatic carbocycles. The minimum Gasteiger partial charge on any atom is -0.330 e. The Hall–Kier alpha value is -1.64. The maximum atomic E-state index is 5.98. The van der Waals surface area contributed by atoms with E-state index in [1.54, 1.807) is 0 Å². The highest BCUT2D eigenvalue weighted by atomic mass is 15.1. The molecule has 21 heavy (non-hydrogen) atoms. The second-order valence-electron chi connectivity index (χ2n) is 6.32. The molecule has 0 unspecified atom stereocenters. The molecule has 2 N–H and O–H groups in total. The summed E-state index contributed by atoms with van der Waals surface area (Å²) in [5.41, 5.74) is 9.11. The average Bonchev–Trinajstić information content (AvgIpc) is 3.29. The van der Waals surface area contributed by atoms with E-state index < -0.39 is 0 Å². The number of hydrogen-bond donors (Lipinski definition) is 1. The summed E-state index contributed by atoms with van der Waals surface area (Å²) in [6.45, 7) is 3.91. The van der Waals surface area contributed by atoms with Crippen molar-refractivity contribution < 1.29 is 0 Å². The van der Waals surface area contributed by atoms with Crippen molar-refractivity contribution in [2.75, 3.05) is 13.1 Å². The third-order valence-electron chi connectivity index (χ3n) is 4.45. The van der Waals surface area contributed by atoms with Crippen molar-refractivity contribution >= 4 is 0 Å². The first-order chi connectivity index (χ1) is 10.3. The first-order valence-electron chi connectivity index (χ1n) is 7.80. The summed E-state index contributed by atoms with van der Waals surface area (Å²) in [4.78, 5) is 2.55. The van der Waals surface area contributed by atoms with E-state index in [1.165, 1.54) is 24.0 Å². The van der Waals surface area contributed by atoms with Crippen LogP contribution >= 0.6 is 0 Å². The molecule has 0 saturated heterocycles. The molecule has 3 rings (SSSR count). The molecule has 2 nitrogen and oxygen atoms in total. The summed E-state index contributed by atoms with van der Waals surface area (Å²) in [6, 6.07) is 21.5. The Bertz CT molecular complexity index is 505. The number of nitrogens with two attached hydrogens (primary N) is 1. The largest absolute Gasteiger partial charge is 0.330 e. The maximum Gasteiger partial charge on any atom is 0.0237 e. The summed E-state index contributed by atoms with van der Waals surface area (Å²) >= 11 is 0. The van der Waals surface area contributed by atoms with E-state index in [1.807, 2.05) is 0 Å². The van der Waals surface area contributed by atoms with Crippen molar-refractivity contribution in [3.8, 4) is 0 Å². The third kappa shape index (κ3) is 3.93. The topological polar surface area (TPSA) is 29.3 Å². The van der Waals surface area contributed by atoms with Crippen LogP contribution in [0.15, 0.2) is 60.7 Å². The third-order valence-corrected chi connectivity index (χ3v) is 4.45. The van der Waals surface area contributed by atoms with Crippen molar-refractivity contribution in [2.24, 2.45) is 11.1 Å². The lowest BCUT2D eigenvalue weighted by molar-refractivity contribution is 0.206. The summed E-state index contributed by atoms with van der Waals surface area (Å²) < 4.78 is 0. The molecule has 0 spiro atoms. The van der Waals surface area contributed by atoms with Crippen LogP contribution < -0.4 is 5.73 Å². The number of nitrogens with zero attached hydrogens (tertiary/aromatic N) is 1. The molecule has 1 saturated carbocycles. The fraction of sp³-hybridized carbons (Fsp3) is 0.368. The Kier molecular flexibility index (Phi) is 4.37. The SMILES string of the molecule is NCC1(CN(Cc2ccccc2)Cc2ccccc2)CC1. The Balaban J connectivity index is 1.71. The second kappa shape index (κ2) is 6.42. The van der Waals surface area contributed by atoms with Gasteiger partial charge in [-0.25, -0.2) is 0 Å². The average molecular weight is 280 g/mol. The van der Waals surface area contributed by atoms with Gasteiger partial charge >= 0.3 is 0 Å². The van der Waals surface area contributed by atoms with Crippen LogP contribution in [0.5, 0.6) is 0 Å². The highest BCUT2D eigenvalue weighted by Crippen LogP contribution is 2.45. The highest BCUT2D eigenvalue weighted by molar-refractivity contribution is 5.17. The van der Waals surface area contributed by atoms with Crippen LogP contribution in [0.3, 0.4) is 0 Å². The van der Waals surface area contributed by atoms with E-state index in [2.05, 4.69) is 65.6 Å². The molecular weight excluding hydrogens is 256 g/mol. The fourth-order valence-electron chi connectivity index (χ4n) is 2.93. The Morgan fingerprint density at radius 1 is 0.810 bits per heavy atom. The first kappa shape index (κ1) is 14.3. The van der Waals surface area contributed by atoms with Crippen LogP contribution in [0, 0.1) is 5.41 Å². The van der Waals surface area contributed by atoms with Gasteiger partial charge in [-0.1, -0.05) is 60.7 Å². The van der Waals surface area contributed by atoms with Crippen LogP contribution in [-0.2, 0) is 13.1 Å². The standard InChI is InChI=1S/C19H24N2/c20-15-19(11-12-19)16-21(13-17-7-3-1-4-8-17)14-18-9-5-2-6-10-18/h1-10H,11-16,20H2. The number of hydrogen-bond acceptors (Lipinski definition) is 2. The van der Waals surface area contributed by atoms with Crippen molar-refractivity contribution in [1.82, 2.24) is 4.90 Å². The number of rotatable bonds is 7. The monoisotopic (exact) mass is 280 g/mol. The molecule has 0 amide bonds. The van der Waals surface area contributed by atoms with Crippen LogP contribution in [-0.4, -0.2) is 18.0 Å². The molecule has 0 atom stereocenters. The number of benzene rings is 2. The van der Waals surface area contributed by atoms with Gasteiger partial charge in [0.1, 0.15) is 0 Å². The zero-order valence-corrected chi connectivity index (χ0v) is 12.5. The van der Waals surface area contributed by atoms with Crippen molar-refractivity contribution in [1.29, 1.82) is 0 Å². The zero-order valence-electron chi connectivity index (χ0n) is 12.5. The van der Waals surface area contributed by atoms with Gasteiger partial charge in [-0.15, -0.1) is 0 Å². The van der Waals surface area contributed by atoms with E-state index in [0.29, 0.717) is 5.41 Å². The predicted octanol–water partition coefficient (Wildman–Crippen LogP) is 3.43. The smallest absolute Gasteiger partial charge is 0.0237 e. The predicted molar refractivity (Wildman–Crippen MR) is 87.7 cm³/mol. The fourth-order valence-corrected chi connectivity index (χ4v) is 2.93. The Labute approximate surface area is 127 Å². The minimum atomic E-state index is 0.379. The normalized spacial score (nSPS) is 16.1. The van der Waals surface area contributed by atoms with Gasteiger partial charge in [0.05, 0.1) is 0 Å². The van der Waals surface area contributed by atoms with Crippen molar-refractivity contribution in [2.45, 2.75) is 25.9 Å². The van der Waals surface area contributed by atoms with E-state index in [9.17, 15) is 0 Å². The van der Waals surface area contributed by atoms with Crippen LogP contribution in [0.1, 0.15) is 24.0 Å². The van der Waals surface area contributed by atoms with Gasteiger partial charge in [0.2, 0.25) is 0 Å². The Morgan fingerprint density at radius 2 is 1.29 bits per heavy atom. The maximum absolute atomic E-state index is 5.98. The highest BCUT2D eigenvalue weighted by Gasteiger charge is 2.42. The molecule has 0 aromatic heterocycles. The van der Waals surface area contributed by atoms with Gasteiger partial charge in [-0.2, -0.15) is 0 Å². The first-order valence-corrected chi connectivity index (χ1v) is 7.80. The van der Waals surface area contributed by atoms with E-state index in [-0.39, 0.29) is 0 Å². The van der Waals surface area contributed by atoms with Gasteiger partial charge < -0.3 is 5.73 Å². The summed E-state index contributed by atoms with van der Waals surface area (Å²) in [6.07, 6.45) is 2.56. The molecule has 2 heteroatoms. The van der Waals surface area contributed by atoms with Crippen molar-refractivity contribution in [3.05, 3.63) is 71.8 Å². The van der Waals surface area contributed by atoms with Crippen LogP contribution in [0.4, 0.5) is 0 Å². The Morgan fingerprint density at radius 3 is 1.67 bits per heavy atom. The van der Waals surface area contributed by atoms with E-state index >= 15 is 0 Å². The molecule has 1 fully saturated rings. The summed E-state index contributed by atoms with van der Waals surface area (Å²) in [7, 11) is 0. The minimum absolute atomic E-state index is 0.379. The van der Waals surface area contributed by atoms with Gasteiger partial charge in [0.25, 0.3) is 0 Å². The lowest BCUT2D eigenvalue weighted by atomic mass is 10.1. The lowest BCUT2D eigenvalue weighted by Gasteiger charge is -2.27. The molecule has 0 radical (unpaired) electrons. The molecular formula is C19H24N2. The van der Waals surface area contributed by atoms with Crippen LogP contribution in [0.25, 0.3) is 0 Å². The van der Waals surface area contributed by atoms with Gasteiger partial charge in [0.15, 0.2) is 0 Å². The molecule has 1 aliphatic rings. The van der Waals surface area contributed by atoms with Gasteiger partial charge in [-0.05, 0) is 35.9 Å². The molecule has 0 aliphatic heterocycles.